The fourth-order valence-corrected chi connectivity index (χ4v) is 3.29. The van der Waals surface area contributed by atoms with Crippen molar-refractivity contribution in [2.75, 3.05) is 0 Å². The number of halogens is 1. The van der Waals surface area contributed by atoms with E-state index in [0.717, 1.165) is 24.8 Å². The third-order valence-electron chi connectivity index (χ3n) is 4.43. The number of ketones is 1. The summed E-state index contributed by atoms with van der Waals surface area (Å²) in [5, 5.41) is 0. The molecule has 2 aromatic rings. The van der Waals surface area contributed by atoms with Crippen LogP contribution in [-0.2, 0) is 6.42 Å². The maximum atomic E-state index is 13.4. The van der Waals surface area contributed by atoms with Crippen LogP contribution in [-0.4, -0.2) is 5.78 Å². The lowest BCUT2D eigenvalue weighted by Gasteiger charge is -2.25. The van der Waals surface area contributed by atoms with Crippen LogP contribution in [0.25, 0.3) is 0 Å². The second-order valence-corrected chi connectivity index (χ2v) is 5.87. The van der Waals surface area contributed by atoms with E-state index in [1.54, 1.807) is 6.07 Å². The summed E-state index contributed by atoms with van der Waals surface area (Å²) in [7, 11) is 0. The zero-order valence-corrected chi connectivity index (χ0v) is 12.2. The molecule has 0 bridgehead atoms. The van der Waals surface area contributed by atoms with E-state index in [1.807, 2.05) is 13.0 Å². The zero-order valence-electron chi connectivity index (χ0n) is 12.2. The van der Waals surface area contributed by atoms with E-state index >= 15 is 0 Å². The highest BCUT2D eigenvalue weighted by Crippen LogP contribution is 2.34. The van der Waals surface area contributed by atoms with Crippen LogP contribution in [0.5, 0.6) is 0 Å². The summed E-state index contributed by atoms with van der Waals surface area (Å²) in [5.74, 6) is -0.0215. The van der Waals surface area contributed by atoms with E-state index in [0.29, 0.717) is 12.0 Å². The van der Waals surface area contributed by atoms with Crippen molar-refractivity contribution in [3.05, 3.63) is 70.5 Å². The highest BCUT2D eigenvalue weighted by molar-refractivity contribution is 5.97. The molecule has 0 aliphatic heterocycles. The lowest BCUT2D eigenvalue weighted by Crippen LogP contribution is -2.14. The second-order valence-electron chi connectivity index (χ2n) is 5.87. The van der Waals surface area contributed by atoms with Crippen molar-refractivity contribution < 1.29 is 9.18 Å². The van der Waals surface area contributed by atoms with E-state index in [4.69, 9.17) is 0 Å². The van der Waals surface area contributed by atoms with Crippen molar-refractivity contribution in [3.8, 4) is 0 Å². The van der Waals surface area contributed by atoms with Gasteiger partial charge in [-0.1, -0.05) is 30.3 Å². The molecule has 0 N–H and O–H groups in total. The Hall–Kier alpha value is -1.96. The highest BCUT2D eigenvalue weighted by atomic mass is 19.1. The van der Waals surface area contributed by atoms with Crippen LogP contribution < -0.4 is 0 Å². The van der Waals surface area contributed by atoms with Crippen molar-refractivity contribution in [1.29, 1.82) is 0 Å². The van der Waals surface area contributed by atoms with Gasteiger partial charge in [0, 0.05) is 12.0 Å². The summed E-state index contributed by atoms with van der Waals surface area (Å²) in [4.78, 5) is 12.5. The van der Waals surface area contributed by atoms with Crippen LogP contribution in [0.3, 0.4) is 0 Å². The average Bonchev–Trinajstić information content (AvgIpc) is 2.50. The summed E-state index contributed by atoms with van der Waals surface area (Å²) in [6.45, 7) is 1.86. The van der Waals surface area contributed by atoms with Gasteiger partial charge in [0.1, 0.15) is 5.82 Å². The van der Waals surface area contributed by atoms with Crippen LogP contribution >= 0.6 is 0 Å². The molecule has 0 spiro atoms. The molecule has 1 unspecified atom stereocenters. The predicted octanol–water partition coefficient (Wildman–Crippen LogP) is 4.83. The van der Waals surface area contributed by atoms with Crippen LogP contribution in [0.4, 0.5) is 4.39 Å². The number of benzene rings is 2. The van der Waals surface area contributed by atoms with Crippen molar-refractivity contribution in [3.63, 3.8) is 0 Å². The van der Waals surface area contributed by atoms with Gasteiger partial charge < -0.3 is 0 Å². The molecule has 1 atom stereocenters. The average molecular weight is 282 g/mol. The SMILES string of the molecule is Cc1ccc(F)cc1C(=O)CC1CCCc2ccccc21. The normalized spacial score (nSPS) is 17.3. The Kier molecular flexibility index (Phi) is 3.87. The largest absolute Gasteiger partial charge is 0.294 e. The van der Waals surface area contributed by atoms with Crippen LogP contribution in [0, 0.1) is 12.7 Å². The molecule has 2 aromatic carbocycles. The first-order valence-electron chi connectivity index (χ1n) is 7.52. The third kappa shape index (κ3) is 2.90. The van der Waals surface area contributed by atoms with E-state index in [9.17, 15) is 9.18 Å². The van der Waals surface area contributed by atoms with Gasteiger partial charge in [-0.25, -0.2) is 4.39 Å². The first-order chi connectivity index (χ1) is 10.1. The monoisotopic (exact) mass is 282 g/mol. The molecule has 0 heterocycles. The van der Waals surface area contributed by atoms with Gasteiger partial charge in [-0.05, 0) is 60.9 Å². The minimum Gasteiger partial charge on any atom is -0.294 e. The Morgan fingerprint density at radius 3 is 2.90 bits per heavy atom. The summed E-state index contributed by atoms with van der Waals surface area (Å²) >= 11 is 0. The topological polar surface area (TPSA) is 17.1 Å². The molecular weight excluding hydrogens is 263 g/mol. The molecule has 0 saturated carbocycles. The van der Waals surface area contributed by atoms with Gasteiger partial charge in [-0.15, -0.1) is 0 Å². The van der Waals surface area contributed by atoms with E-state index in [-0.39, 0.29) is 17.5 Å². The summed E-state index contributed by atoms with van der Waals surface area (Å²) in [6, 6.07) is 12.8. The van der Waals surface area contributed by atoms with Crippen molar-refractivity contribution in [1.82, 2.24) is 0 Å². The van der Waals surface area contributed by atoms with Crippen LogP contribution in [0.2, 0.25) is 0 Å². The molecule has 2 heteroatoms. The number of aryl methyl sites for hydroxylation is 2. The van der Waals surface area contributed by atoms with E-state index in [2.05, 4.69) is 18.2 Å². The zero-order chi connectivity index (χ0) is 14.8. The van der Waals surface area contributed by atoms with E-state index in [1.165, 1.54) is 23.3 Å². The van der Waals surface area contributed by atoms with Gasteiger partial charge in [-0.3, -0.25) is 4.79 Å². The maximum absolute atomic E-state index is 13.4. The van der Waals surface area contributed by atoms with Gasteiger partial charge in [-0.2, -0.15) is 0 Å². The molecule has 1 aliphatic carbocycles. The second kappa shape index (κ2) is 5.80. The number of carbonyl (C=O) groups excluding carboxylic acids is 1. The number of hydrogen-bond donors (Lipinski definition) is 0. The number of Topliss-reactive ketones (excluding diaryl/α,β-unsaturated/α-hetero) is 1. The molecule has 3 rings (SSSR count). The maximum Gasteiger partial charge on any atom is 0.163 e. The number of rotatable bonds is 3. The molecule has 0 saturated heterocycles. The summed E-state index contributed by atoms with van der Waals surface area (Å²) < 4.78 is 13.4. The Balaban J connectivity index is 1.84. The van der Waals surface area contributed by atoms with Gasteiger partial charge >= 0.3 is 0 Å². The lowest BCUT2D eigenvalue weighted by atomic mass is 9.79. The molecular formula is C19H19FO. The molecule has 0 fully saturated rings. The standard InChI is InChI=1S/C19H19FO/c1-13-9-10-16(20)12-18(13)19(21)11-15-7-4-6-14-5-2-3-8-17(14)15/h2-3,5,8-10,12,15H,4,6-7,11H2,1H3. The number of fused-ring (bicyclic) bond motifs is 1. The van der Waals surface area contributed by atoms with Gasteiger partial charge in [0.15, 0.2) is 5.78 Å². The quantitative estimate of drug-likeness (QED) is 0.737. The summed E-state index contributed by atoms with van der Waals surface area (Å²) in [5.41, 5.74) is 4.03. The predicted molar refractivity (Wildman–Crippen MR) is 82.2 cm³/mol. The molecule has 21 heavy (non-hydrogen) atoms. The van der Waals surface area contributed by atoms with E-state index < -0.39 is 0 Å². The van der Waals surface area contributed by atoms with Gasteiger partial charge in [0.2, 0.25) is 0 Å². The first-order valence-corrected chi connectivity index (χ1v) is 7.52. The first kappa shape index (κ1) is 14.0. The molecule has 108 valence electrons. The van der Waals surface area contributed by atoms with Crippen molar-refractivity contribution in [2.24, 2.45) is 0 Å². The third-order valence-corrected chi connectivity index (χ3v) is 4.43. The Morgan fingerprint density at radius 1 is 1.24 bits per heavy atom. The molecule has 1 aliphatic rings. The van der Waals surface area contributed by atoms with Crippen molar-refractivity contribution >= 4 is 5.78 Å². The van der Waals surface area contributed by atoms with Crippen molar-refractivity contribution in [2.45, 2.75) is 38.5 Å². The Labute approximate surface area is 124 Å². The minimum absolute atomic E-state index is 0.0497. The van der Waals surface area contributed by atoms with Crippen LogP contribution in [0.15, 0.2) is 42.5 Å². The molecule has 1 nitrogen and oxygen atoms in total. The molecule has 0 aromatic heterocycles. The highest BCUT2D eigenvalue weighted by Gasteiger charge is 2.23. The number of carbonyl (C=O) groups is 1. The fourth-order valence-electron chi connectivity index (χ4n) is 3.29. The minimum atomic E-state index is -0.340. The number of hydrogen-bond acceptors (Lipinski definition) is 1. The lowest BCUT2D eigenvalue weighted by molar-refractivity contribution is 0.0970. The van der Waals surface area contributed by atoms with Gasteiger partial charge in [0.25, 0.3) is 0 Å². The van der Waals surface area contributed by atoms with Gasteiger partial charge in [0.05, 0.1) is 0 Å². The molecule has 0 radical (unpaired) electrons. The van der Waals surface area contributed by atoms with Crippen LogP contribution in [0.1, 0.15) is 52.2 Å². The fraction of sp³-hybridized carbons (Fsp3) is 0.316. The Morgan fingerprint density at radius 2 is 2.05 bits per heavy atom. The Bertz CT molecular complexity index is 675. The smallest absolute Gasteiger partial charge is 0.163 e. The summed E-state index contributed by atoms with van der Waals surface area (Å²) in [6.07, 6.45) is 3.73. The molecule has 0 amide bonds.